The Labute approximate surface area is 135 Å². The first-order chi connectivity index (χ1) is 11.3. The fourth-order valence-corrected chi connectivity index (χ4v) is 2.31. The summed E-state index contributed by atoms with van der Waals surface area (Å²) in [6.45, 7) is 0. The molecule has 9 heteroatoms. The lowest BCUT2D eigenvalue weighted by atomic mass is 9.85. The van der Waals surface area contributed by atoms with Crippen LogP contribution >= 0.6 is 0 Å². The summed E-state index contributed by atoms with van der Waals surface area (Å²) in [5.74, 6) is -1.20. The molecule has 0 aromatic heterocycles. The molecular weight excluding hydrogens is 320 g/mol. The first-order valence-electron chi connectivity index (χ1n) is 6.62. The molecule has 0 bridgehead atoms. The van der Waals surface area contributed by atoms with E-state index >= 15 is 0 Å². The predicted octanol–water partition coefficient (Wildman–Crippen LogP) is 1.91. The fourth-order valence-electron chi connectivity index (χ4n) is 2.31. The van der Waals surface area contributed by atoms with E-state index in [9.17, 15) is 30.1 Å². The Bertz CT molecular complexity index is 821. The number of para-hydroxylation sites is 1. The van der Waals surface area contributed by atoms with E-state index in [4.69, 9.17) is 0 Å². The van der Waals surface area contributed by atoms with E-state index in [0.29, 0.717) is 0 Å². The lowest BCUT2D eigenvalue weighted by molar-refractivity contribution is -0.386. The Morgan fingerprint density at radius 2 is 1.75 bits per heavy atom. The van der Waals surface area contributed by atoms with Gasteiger partial charge in [0.25, 0.3) is 11.4 Å². The summed E-state index contributed by atoms with van der Waals surface area (Å²) in [7, 11) is 0.999. The molecule has 0 saturated heterocycles. The Hall–Kier alpha value is -3.33. The molecule has 1 unspecified atom stereocenters. The zero-order valence-electron chi connectivity index (χ0n) is 12.4. The fraction of sp³-hybridized carbons (Fsp3) is 0.133. The van der Waals surface area contributed by atoms with Gasteiger partial charge in [-0.15, -0.1) is 0 Å². The Kier molecular flexibility index (Phi) is 4.56. The largest absolute Gasteiger partial charge is 0.466 e. The van der Waals surface area contributed by atoms with Crippen molar-refractivity contribution in [2.75, 3.05) is 7.11 Å². The van der Waals surface area contributed by atoms with E-state index in [2.05, 4.69) is 4.74 Å². The molecule has 2 aromatic rings. The average Bonchev–Trinajstić information content (AvgIpc) is 2.60. The quantitative estimate of drug-likeness (QED) is 0.502. The van der Waals surface area contributed by atoms with Crippen LogP contribution in [0.4, 0.5) is 11.4 Å². The maximum atomic E-state index is 12.2. The van der Waals surface area contributed by atoms with Crippen LogP contribution < -0.4 is 0 Å². The molecule has 124 valence electrons. The summed E-state index contributed by atoms with van der Waals surface area (Å²) < 4.78 is 4.58. The second-order valence-corrected chi connectivity index (χ2v) is 4.78. The number of nitro benzene ring substituents is 2. The molecule has 9 nitrogen and oxygen atoms in total. The zero-order valence-corrected chi connectivity index (χ0v) is 12.4. The maximum absolute atomic E-state index is 12.2. The minimum atomic E-state index is -2.57. The second-order valence-electron chi connectivity index (χ2n) is 4.78. The summed E-state index contributed by atoms with van der Waals surface area (Å²) in [5.41, 5.74) is -4.02. The summed E-state index contributed by atoms with van der Waals surface area (Å²) in [6.07, 6.45) is 0. The molecule has 2 rings (SSSR count). The highest BCUT2D eigenvalue weighted by atomic mass is 16.6. The maximum Gasteiger partial charge on any atom is 0.347 e. The van der Waals surface area contributed by atoms with Gasteiger partial charge in [0, 0.05) is 23.8 Å². The zero-order chi connectivity index (χ0) is 17.9. The molecule has 0 radical (unpaired) electrons. The van der Waals surface area contributed by atoms with Gasteiger partial charge in [0.1, 0.15) is 0 Å². The number of carbonyl (C=O) groups excluding carboxylic acids is 1. The minimum absolute atomic E-state index is 0.210. The lowest BCUT2D eigenvalue weighted by Crippen LogP contribution is -2.38. The number of carbonyl (C=O) groups is 1. The van der Waals surface area contributed by atoms with Crippen molar-refractivity contribution in [3.05, 3.63) is 79.9 Å². The van der Waals surface area contributed by atoms with Crippen molar-refractivity contribution < 1.29 is 24.5 Å². The van der Waals surface area contributed by atoms with Gasteiger partial charge in [0.05, 0.1) is 22.5 Å². The van der Waals surface area contributed by atoms with Crippen LogP contribution in [0.5, 0.6) is 0 Å². The van der Waals surface area contributed by atoms with Gasteiger partial charge in [-0.2, -0.15) is 0 Å². The first kappa shape index (κ1) is 17.0. The number of benzene rings is 2. The van der Waals surface area contributed by atoms with Crippen molar-refractivity contribution >= 4 is 17.3 Å². The standard InChI is InChI=1S/C15H12N2O7/c1-24-14(18)15(19,10-5-4-6-11(9-10)16(20)21)12-7-2-3-8-13(12)17(22)23/h2-9,19H,1H3. The van der Waals surface area contributed by atoms with Gasteiger partial charge >= 0.3 is 5.97 Å². The highest BCUT2D eigenvalue weighted by Gasteiger charge is 2.46. The van der Waals surface area contributed by atoms with E-state index in [1.54, 1.807) is 0 Å². The molecular formula is C15H12N2O7. The number of ether oxygens (including phenoxy) is 1. The Morgan fingerprint density at radius 3 is 2.33 bits per heavy atom. The molecule has 2 aromatic carbocycles. The number of nitro groups is 2. The smallest absolute Gasteiger partial charge is 0.347 e. The van der Waals surface area contributed by atoms with Crippen molar-refractivity contribution in [1.82, 2.24) is 0 Å². The number of hydrogen-bond donors (Lipinski definition) is 1. The van der Waals surface area contributed by atoms with Gasteiger partial charge in [0.2, 0.25) is 5.60 Å². The highest BCUT2D eigenvalue weighted by molar-refractivity contribution is 5.87. The molecule has 0 fully saturated rings. The Balaban J connectivity index is 2.78. The van der Waals surface area contributed by atoms with Gasteiger partial charge < -0.3 is 9.84 Å². The van der Waals surface area contributed by atoms with Gasteiger partial charge in [-0.3, -0.25) is 20.2 Å². The highest BCUT2D eigenvalue weighted by Crippen LogP contribution is 2.37. The Morgan fingerprint density at radius 1 is 1.08 bits per heavy atom. The lowest BCUT2D eigenvalue weighted by Gasteiger charge is -2.25. The molecule has 24 heavy (non-hydrogen) atoms. The van der Waals surface area contributed by atoms with Crippen LogP contribution in [0, 0.1) is 20.2 Å². The van der Waals surface area contributed by atoms with E-state index < -0.39 is 27.1 Å². The van der Waals surface area contributed by atoms with E-state index in [0.717, 1.165) is 19.2 Å². The molecule has 0 saturated carbocycles. The second kappa shape index (κ2) is 6.42. The van der Waals surface area contributed by atoms with E-state index in [1.807, 2.05) is 0 Å². The number of aliphatic hydroxyl groups is 1. The summed E-state index contributed by atoms with van der Waals surface area (Å²) in [5, 5.41) is 33.1. The molecule has 0 heterocycles. The number of non-ortho nitro benzene ring substituents is 1. The number of hydrogen-bond acceptors (Lipinski definition) is 7. The van der Waals surface area contributed by atoms with Crippen LogP contribution in [0.1, 0.15) is 11.1 Å². The number of nitrogens with zero attached hydrogens (tertiary/aromatic N) is 2. The van der Waals surface area contributed by atoms with Crippen molar-refractivity contribution in [3.8, 4) is 0 Å². The number of rotatable bonds is 5. The number of esters is 1. The van der Waals surface area contributed by atoms with Crippen LogP contribution in [-0.2, 0) is 15.1 Å². The van der Waals surface area contributed by atoms with Crippen molar-refractivity contribution in [3.63, 3.8) is 0 Å². The molecule has 1 N–H and O–H groups in total. The van der Waals surface area contributed by atoms with Gasteiger partial charge in [-0.25, -0.2) is 4.79 Å². The van der Waals surface area contributed by atoms with Crippen LogP contribution in [0.15, 0.2) is 48.5 Å². The number of methoxy groups -OCH3 is 1. The molecule has 0 amide bonds. The molecule has 0 spiro atoms. The van der Waals surface area contributed by atoms with Crippen LogP contribution in [0.3, 0.4) is 0 Å². The van der Waals surface area contributed by atoms with Crippen molar-refractivity contribution in [2.45, 2.75) is 5.60 Å². The topological polar surface area (TPSA) is 133 Å². The molecule has 0 aliphatic carbocycles. The summed E-state index contributed by atoms with van der Waals surface area (Å²) >= 11 is 0. The van der Waals surface area contributed by atoms with Gasteiger partial charge in [0.15, 0.2) is 0 Å². The van der Waals surface area contributed by atoms with Crippen molar-refractivity contribution in [1.29, 1.82) is 0 Å². The third-order valence-corrected chi connectivity index (χ3v) is 3.45. The third kappa shape index (κ3) is 2.79. The molecule has 0 aliphatic heterocycles. The molecule has 0 aliphatic rings. The first-order valence-corrected chi connectivity index (χ1v) is 6.62. The molecule has 1 atom stereocenters. The van der Waals surface area contributed by atoms with E-state index in [1.165, 1.54) is 36.4 Å². The van der Waals surface area contributed by atoms with E-state index in [-0.39, 0.29) is 16.8 Å². The average molecular weight is 332 g/mol. The monoisotopic (exact) mass is 332 g/mol. The third-order valence-electron chi connectivity index (χ3n) is 3.45. The van der Waals surface area contributed by atoms with Gasteiger partial charge in [-0.05, 0) is 6.07 Å². The van der Waals surface area contributed by atoms with Crippen molar-refractivity contribution in [2.24, 2.45) is 0 Å². The normalized spacial score (nSPS) is 12.9. The van der Waals surface area contributed by atoms with Crippen LogP contribution in [0.25, 0.3) is 0 Å². The van der Waals surface area contributed by atoms with Gasteiger partial charge in [-0.1, -0.05) is 24.3 Å². The minimum Gasteiger partial charge on any atom is -0.466 e. The summed E-state index contributed by atoms with van der Waals surface area (Å²) in [4.78, 5) is 32.9. The predicted molar refractivity (Wildman–Crippen MR) is 81.2 cm³/mol. The SMILES string of the molecule is COC(=O)C(O)(c1cccc([N+](=O)[O-])c1)c1ccccc1[N+](=O)[O-]. The summed E-state index contributed by atoms with van der Waals surface area (Å²) in [6, 6.07) is 9.71. The van der Waals surface area contributed by atoms with Crippen LogP contribution in [0.2, 0.25) is 0 Å². The van der Waals surface area contributed by atoms with Crippen LogP contribution in [-0.4, -0.2) is 28.0 Å².